The molecule has 2 aliphatic heterocycles. The van der Waals surface area contributed by atoms with Gasteiger partial charge in [0.05, 0.1) is 6.54 Å². The van der Waals surface area contributed by atoms with Gasteiger partial charge in [-0.25, -0.2) is 0 Å². The molecule has 15 heavy (non-hydrogen) atoms. The van der Waals surface area contributed by atoms with Gasteiger partial charge in [-0.2, -0.15) is 0 Å². The second-order valence-corrected chi connectivity index (χ2v) is 6.60. The molecule has 0 radical (unpaired) electrons. The maximum Gasteiger partial charge on any atom is 0.159 e. The molecule has 1 saturated heterocycles. The smallest absolute Gasteiger partial charge is 0.159 e. The molecule has 2 rings (SSSR count). The topological polar surface area (TPSA) is 15.6 Å². The largest absolute Gasteiger partial charge is 0.349 e. The fourth-order valence-corrected chi connectivity index (χ4v) is 4.00. The fourth-order valence-electron chi connectivity index (χ4n) is 2.33. The lowest BCUT2D eigenvalue weighted by Crippen LogP contribution is -2.42. The second-order valence-electron chi connectivity index (χ2n) is 4.69. The predicted octanol–water partition coefficient (Wildman–Crippen LogP) is 2.97. The first-order chi connectivity index (χ1) is 7.20. The zero-order valence-corrected chi connectivity index (χ0v) is 11.9. The molecule has 3 atom stereocenters. The molecule has 2 heterocycles. The minimum atomic E-state index is 0.659. The third-order valence-corrected chi connectivity index (χ3v) is 5.69. The van der Waals surface area contributed by atoms with Crippen LogP contribution in [-0.2, 0) is 0 Å². The molecule has 0 aromatic heterocycles. The summed E-state index contributed by atoms with van der Waals surface area (Å²) in [4.78, 5) is 7.17. The van der Waals surface area contributed by atoms with Crippen molar-refractivity contribution in [3.63, 3.8) is 0 Å². The van der Waals surface area contributed by atoms with Gasteiger partial charge >= 0.3 is 0 Å². The van der Waals surface area contributed by atoms with E-state index in [1.807, 2.05) is 11.8 Å². The van der Waals surface area contributed by atoms with Gasteiger partial charge in [0.2, 0.25) is 0 Å². The van der Waals surface area contributed by atoms with Gasteiger partial charge in [0.1, 0.15) is 0 Å². The van der Waals surface area contributed by atoms with Crippen molar-refractivity contribution in [2.45, 2.75) is 38.0 Å². The average Bonchev–Trinajstić information content (AvgIpc) is 2.66. The van der Waals surface area contributed by atoms with Crippen LogP contribution in [0.2, 0.25) is 0 Å². The average molecular weight is 291 g/mol. The highest BCUT2D eigenvalue weighted by atomic mass is 79.9. The van der Waals surface area contributed by atoms with E-state index in [0.717, 1.165) is 17.8 Å². The molecule has 2 aliphatic rings. The van der Waals surface area contributed by atoms with E-state index in [-0.39, 0.29) is 0 Å². The number of halogens is 1. The number of aliphatic imine (C=N–C) groups is 1. The molecule has 0 aromatic carbocycles. The first-order valence-corrected chi connectivity index (χ1v) is 7.74. The highest BCUT2D eigenvalue weighted by molar-refractivity contribution is 9.09. The summed E-state index contributed by atoms with van der Waals surface area (Å²) < 4.78 is 0. The zero-order chi connectivity index (χ0) is 10.8. The lowest BCUT2D eigenvalue weighted by atomic mass is 9.94. The minimum Gasteiger partial charge on any atom is -0.349 e. The second kappa shape index (κ2) is 5.09. The fraction of sp³-hybridized carbons (Fsp3) is 0.909. The zero-order valence-electron chi connectivity index (χ0n) is 9.45. The summed E-state index contributed by atoms with van der Waals surface area (Å²) in [5, 5.41) is 3.01. The summed E-state index contributed by atoms with van der Waals surface area (Å²) in [6.07, 6.45) is 2.64. The monoisotopic (exact) mass is 290 g/mol. The number of thioether (sulfide) groups is 1. The van der Waals surface area contributed by atoms with E-state index in [1.54, 1.807) is 0 Å². The van der Waals surface area contributed by atoms with E-state index in [4.69, 9.17) is 0 Å². The molecule has 1 fully saturated rings. The van der Waals surface area contributed by atoms with Crippen molar-refractivity contribution in [3.8, 4) is 0 Å². The number of likely N-dealkylation sites (tertiary alicyclic amines) is 1. The van der Waals surface area contributed by atoms with Crippen molar-refractivity contribution in [2.75, 3.05) is 18.4 Å². The Bertz CT molecular complexity index is 257. The Kier molecular flexibility index (Phi) is 3.99. The maximum absolute atomic E-state index is 4.66. The maximum atomic E-state index is 4.66. The number of rotatable bonds is 1. The first kappa shape index (κ1) is 11.8. The van der Waals surface area contributed by atoms with Crippen LogP contribution in [-0.4, -0.2) is 39.8 Å². The minimum absolute atomic E-state index is 0.659. The Morgan fingerprint density at radius 3 is 2.93 bits per heavy atom. The van der Waals surface area contributed by atoms with E-state index >= 15 is 0 Å². The third kappa shape index (κ3) is 2.70. The highest BCUT2D eigenvalue weighted by Crippen LogP contribution is 2.30. The molecule has 3 unspecified atom stereocenters. The molecule has 0 amide bonds. The van der Waals surface area contributed by atoms with Crippen LogP contribution in [0.4, 0.5) is 0 Å². The van der Waals surface area contributed by atoms with Crippen molar-refractivity contribution < 1.29 is 0 Å². The molecule has 0 aromatic rings. The number of hydrogen-bond donors (Lipinski definition) is 0. The van der Waals surface area contributed by atoms with E-state index in [9.17, 15) is 0 Å². The van der Waals surface area contributed by atoms with E-state index < -0.39 is 0 Å². The lowest BCUT2D eigenvalue weighted by Gasteiger charge is -2.37. The number of alkyl halides is 1. The Hall–Kier alpha value is 0.300. The van der Waals surface area contributed by atoms with E-state index in [1.165, 1.54) is 24.6 Å². The van der Waals surface area contributed by atoms with Gasteiger partial charge in [-0.1, -0.05) is 34.6 Å². The van der Waals surface area contributed by atoms with Crippen LogP contribution in [0.25, 0.3) is 0 Å². The van der Waals surface area contributed by atoms with Crippen LogP contribution in [0.15, 0.2) is 4.99 Å². The van der Waals surface area contributed by atoms with Crippen LogP contribution < -0.4 is 0 Å². The summed E-state index contributed by atoms with van der Waals surface area (Å²) in [7, 11) is 0. The van der Waals surface area contributed by atoms with E-state index in [2.05, 4.69) is 39.7 Å². The van der Waals surface area contributed by atoms with Crippen molar-refractivity contribution in [1.82, 2.24) is 4.90 Å². The summed E-state index contributed by atoms with van der Waals surface area (Å²) in [5.41, 5.74) is 0. The number of nitrogens with zero attached hydrogens (tertiary/aromatic N) is 2. The molecule has 0 aliphatic carbocycles. The summed E-state index contributed by atoms with van der Waals surface area (Å²) >= 11 is 5.49. The molecule has 2 nitrogen and oxygen atoms in total. The van der Waals surface area contributed by atoms with Crippen molar-refractivity contribution >= 4 is 32.9 Å². The molecule has 0 N–H and O–H groups in total. The normalized spacial score (nSPS) is 36.9. The first-order valence-electron chi connectivity index (χ1n) is 5.74. The van der Waals surface area contributed by atoms with Crippen LogP contribution in [0.5, 0.6) is 0 Å². The summed E-state index contributed by atoms with van der Waals surface area (Å²) in [6, 6.07) is 0.675. The molecule has 4 heteroatoms. The highest BCUT2D eigenvalue weighted by Gasteiger charge is 2.29. The van der Waals surface area contributed by atoms with Crippen molar-refractivity contribution in [2.24, 2.45) is 10.9 Å². The predicted molar refractivity (Wildman–Crippen MR) is 72.0 cm³/mol. The van der Waals surface area contributed by atoms with Gasteiger partial charge in [-0.15, -0.1) is 0 Å². The van der Waals surface area contributed by atoms with Crippen LogP contribution in [0.3, 0.4) is 0 Å². The van der Waals surface area contributed by atoms with Gasteiger partial charge in [0.15, 0.2) is 5.17 Å². The van der Waals surface area contributed by atoms with Gasteiger partial charge in [-0.3, -0.25) is 4.99 Å². The third-order valence-electron chi connectivity index (χ3n) is 3.26. The van der Waals surface area contributed by atoms with Crippen molar-refractivity contribution in [1.29, 1.82) is 0 Å². The van der Waals surface area contributed by atoms with Crippen molar-refractivity contribution in [3.05, 3.63) is 0 Å². The SMILES string of the molecule is CC1CCN(C2=NCC(CBr)S2)C(C)C1. The molecule has 0 bridgehead atoms. The Morgan fingerprint density at radius 2 is 2.33 bits per heavy atom. The number of piperidine rings is 1. The molecule has 0 saturated carbocycles. The van der Waals surface area contributed by atoms with E-state index in [0.29, 0.717) is 11.3 Å². The van der Waals surface area contributed by atoms with Crippen LogP contribution in [0, 0.1) is 5.92 Å². The number of amidine groups is 1. The Morgan fingerprint density at radius 1 is 1.53 bits per heavy atom. The van der Waals surface area contributed by atoms with Gasteiger partial charge < -0.3 is 4.90 Å². The summed E-state index contributed by atoms with van der Waals surface area (Å²) in [6.45, 7) is 6.88. The quantitative estimate of drug-likeness (QED) is 0.690. The van der Waals surface area contributed by atoms with Crippen LogP contribution >= 0.6 is 27.7 Å². The summed E-state index contributed by atoms with van der Waals surface area (Å²) in [5.74, 6) is 0.884. The molecule has 0 spiro atoms. The molecular weight excluding hydrogens is 272 g/mol. The standard InChI is InChI=1S/C11H19BrN2S/c1-8-3-4-14(9(2)5-8)11-13-7-10(6-12)15-11/h8-10H,3-7H2,1-2H3. The van der Waals surface area contributed by atoms with Gasteiger partial charge in [0.25, 0.3) is 0 Å². The molecular formula is C11H19BrN2S. The van der Waals surface area contributed by atoms with Gasteiger partial charge in [0, 0.05) is 23.2 Å². The lowest BCUT2D eigenvalue weighted by molar-refractivity contribution is 0.213. The van der Waals surface area contributed by atoms with Gasteiger partial charge in [-0.05, 0) is 25.7 Å². The number of hydrogen-bond acceptors (Lipinski definition) is 3. The molecule has 86 valence electrons. The Balaban J connectivity index is 1.94. The Labute approximate surface area is 105 Å². The van der Waals surface area contributed by atoms with Crippen LogP contribution in [0.1, 0.15) is 26.7 Å².